The third kappa shape index (κ3) is 4.45. The molecule has 1 aliphatic heterocycles. The van der Waals surface area contributed by atoms with E-state index in [4.69, 9.17) is 14.2 Å². The maximum absolute atomic E-state index is 13.6. The zero-order valence-electron chi connectivity index (χ0n) is 18.0. The van der Waals surface area contributed by atoms with Crippen molar-refractivity contribution in [2.45, 2.75) is 26.2 Å². The summed E-state index contributed by atoms with van der Waals surface area (Å²) in [5, 5.41) is 3.24. The molecule has 7 nitrogen and oxygen atoms in total. The van der Waals surface area contributed by atoms with Crippen molar-refractivity contribution in [2.24, 2.45) is 11.8 Å². The molecule has 1 aromatic carbocycles. The van der Waals surface area contributed by atoms with Gasteiger partial charge in [-0.1, -0.05) is 41.1 Å². The Bertz CT molecular complexity index is 967. The number of esters is 2. The molecule has 0 radical (unpaired) electrons. The molecule has 166 valence electrons. The average Bonchev–Trinajstić information content (AvgIpc) is 2.73. The minimum absolute atomic E-state index is 0.0937. The fourth-order valence-electron chi connectivity index (χ4n) is 4.27. The molecule has 3 atom stereocenters. The van der Waals surface area contributed by atoms with Crippen molar-refractivity contribution >= 4 is 33.7 Å². The first-order valence-electron chi connectivity index (χ1n) is 10.0. The van der Waals surface area contributed by atoms with Crippen LogP contribution in [0.5, 0.6) is 0 Å². The van der Waals surface area contributed by atoms with Gasteiger partial charge in [-0.25, -0.2) is 4.79 Å². The van der Waals surface area contributed by atoms with Crippen molar-refractivity contribution in [3.8, 4) is 0 Å². The van der Waals surface area contributed by atoms with Crippen LogP contribution in [0.4, 0.5) is 0 Å². The molecule has 1 N–H and O–H groups in total. The molecule has 31 heavy (non-hydrogen) atoms. The van der Waals surface area contributed by atoms with Crippen LogP contribution in [0.15, 0.2) is 51.3 Å². The van der Waals surface area contributed by atoms with E-state index in [1.54, 1.807) is 6.92 Å². The highest BCUT2D eigenvalue weighted by atomic mass is 79.9. The van der Waals surface area contributed by atoms with Crippen molar-refractivity contribution in [1.82, 2.24) is 5.32 Å². The van der Waals surface area contributed by atoms with Gasteiger partial charge in [0.05, 0.1) is 19.3 Å². The second kappa shape index (κ2) is 9.78. The molecule has 0 spiro atoms. The van der Waals surface area contributed by atoms with E-state index < -0.39 is 23.8 Å². The van der Waals surface area contributed by atoms with Crippen LogP contribution in [0.2, 0.25) is 0 Å². The Labute approximate surface area is 189 Å². The predicted octanol–water partition coefficient (Wildman–Crippen LogP) is 3.25. The van der Waals surface area contributed by atoms with Gasteiger partial charge in [0.15, 0.2) is 5.78 Å². The van der Waals surface area contributed by atoms with Gasteiger partial charge in [-0.3, -0.25) is 9.59 Å². The van der Waals surface area contributed by atoms with E-state index in [1.807, 2.05) is 31.2 Å². The van der Waals surface area contributed by atoms with Crippen molar-refractivity contribution in [2.75, 3.05) is 27.4 Å². The smallest absolute Gasteiger partial charge is 0.336 e. The fraction of sp³-hybridized carbons (Fsp3) is 0.435. The Morgan fingerprint density at radius 1 is 1.19 bits per heavy atom. The van der Waals surface area contributed by atoms with E-state index in [0.29, 0.717) is 23.3 Å². The summed E-state index contributed by atoms with van der Waals surface area (Å²) in [5.74, 6) is -3.24. The summed E-state index contributed by atoms with van der Waals surface area (Å²) in [7, 11) is 2.80. The maximum atomic E-state index is 13.6. The molecule has 1 aliphatic carbocycles. The Morgan fingerprint density at radius 3 is 2.55 bits per heavy atom. The van der Waals surface area contributed by atoms with Crippen LogP contribution < -0.4 is 5.32 Å². The van der Waals surface area contributed by atoms with Gasteiger partial charge in [-0.15, -0.1) is 0 Å². The number of ether oxygens (including phenoxy) is 3. The average molecular weight is 492 g/mol. The van der Waals surface area contributed by atoms with Gasteiger partial charge >= 0.3 is 11.9 Å². The highest BCUT2D eigenvalue weighted by molar-refractivity contribution is 9.10. The molecule has 0 amide bonds. The number of dihydropyridines is 1. The molecule has 0 aromatic heterocycles. The standard InChI is InChI=1S/C23H26BrNO6/c1-12-11-16-20(21(26)17(12)22(27)30-4)19(14-7-5-6-8-15(14)24)18(13(2)25-16)23(28)31-10-9-29-3/h5-8,12,17,19,25H,9-11H2,1-4H3/t12-,17-,19-/m1/s1. The first-order valence-corrected chi connectivity index (χ1v) is 10.8. The van der Waals surface area contributed by atoms with Crippen LogP contribution in [-0.4, -0.2) is 45.2 Å². The molecule has 0 saturated carbocycles. The van der Waals surface area contributed by atoms with Gasteiger partial charge in [0.2, 0.25) is 0 Å². The molecule has 8 heteroatoms. The number of methoxy groups -OCH3 is 2. The topological polar surface area (TPSA) is 90.9 Å². The zero-order chi connectivity index (χ0) is 22.7. The van der Waals surface area contributed by atoms with Crippen molar-refractivity contribution in [3.05, 3.63) is 56.8 Å². The van der Waals surface area contributed by atoms with E-state index in [2.05, 4.69) is 21.2 Å². The number of benzene rings is 1. The highest BCUT2D eigenvalue weighted by Crippen LogP contribution is 2.46. The van der Waals surface area contributed by atoms with E-state index in [1.165, 1.54) is 14.2 Å². The number of hydrogen-bond acceptors (Lipinski definition) is 7. The normalized spacial score (nSPS) is 23.3. The summed E-state index contributed by atoms with van der Waals surface area (Å²) in [5.41, 5.74) is 2.85. The Balaban J connectivity index is 2.14. The van der Waals surface area contributed by atoms with Crippen molar-refractivity contribution in [3.63, 3.8) is 0 Å². The van der Waals surface area contributed by atoms with E-state index in [-0.39, 0.29) is 24.9 Å². The summed E-state index contributed by atoms with van der Waals surface area (Å²) in [4.78, 5) is 39.1. The molecule has 2 aliphatic rings. The summed E-state index contributed by atoms with van der Waals surface area (Å²) in [6.07, 6.45) is 0.491. The summed E-state index contributed by atoms with van der Waals surface area (Å²) in [6.45, 7) is 4.00. The Hall–Kier alpha value is -2.45. The number of carbonyl (C=O) groups excluding carboxylic acids is 3. The zero-order valence-corrected chi connectivity index (χ0v) is 19.6. The van der Waals surface area contributed by atoms with Crippen LogP contribution in [0, 0.1) is 11.8 Å². The molecular formula is C23H26BrNO6. The predicted molar refractivity (Wildman–Crippen MR) is 117 cm³/mol. The molecule has 1 aromatic rings. The largest absolute Gasteiger partial charge is 0.468 e. The van der Waals surface area contributed by atoms with E-state index in [0.717, 1.165) is 15.7 Å². The molecule has 0 bridgehead atoms. The molecule has 1 heterocycles. The first-order chi connectivity index (χ1) is 14.8. The summed E-state index contributed by atoms with van der Waals surface area (Å²) < 4.78 is 16.0. The number of Topliss-reactive ketones (excluding diaryl/α,β-unsaturated/α-hetero) is 1. The number of rotatable bonds is 6. The van der Waals surface area contributed by atoms with Gasteiger partial charge in [-0.2, -0.15) is 0 Å². The fourth-order valence-corrected chi connectivity index (χ4v) is 4.78. The van der Waals surface area contributed by atoms with Crippen molar-refractivity contribution < 1.29 is 28.6 Å². The van der Waals surface area contributed by atoms with Crippen LogP contribution in [-0.2, 0) is 28.6 Å². The first kappa shape index (κ1) is 23.2. The second-order valence-corrected chi connectivity index (χ2v) is 8.54. The lowest BCUT2D eigenvalue weighted by Gasteiger charge is -2.38. The quantitative estimate of drug-likeness (QED) is 0.371. The summed E-state index contributed by atoms with van der Waals surface area (Å²) >= 11 is 3.56. The number of hydrogen-bond donors (Lipinski definition) is 1. The number of nitrogens with one attached hydrogen (secondary N) is 1. The lowest BCUT2D eigenvalue weighted by molar-refractivity contribution is -0.151. The molecule has 0 unspecified atom stereocenters. The Kier molecular flexibility index (Phi) is 7.33. The second-order valence-electron chi connectivity index (χ2n) is 7.69. The molecule has 0 fully saturated rings. The monoisotopic (exact) mass is 491 g/mol. The molecular weight excluding hydrogens is 466 g/mol. The minimum Gasteiger partial charge on any atom is -0.468 e. The Morgan fingerprint density at radius 2 is 1.90 bits per heavy atom. The third-order valence-corrected chi connectivity index (χ3v) is 6.42. The highest BCUT2D eigenvalue weighted by Gasteiger charge is 2.47. The van der Waals surface area contributed by atoms with Gasteiger partial charge in [0.1, 0.15) is 12.5 Å². The van der Waals surface area contributed by atoms with Crippen LogP contribution in [0.1, 0.15) is 31.7 Å². The van der Waals surface area contributed by atoms with Crippen LogP contribution >= 0.6 is 15.9 Å². The lowest BCUT2D eigenvalue weighted by Crippen LogP contribution is -2.43. The lowest BCUT2D eigenvalue weighted by atomic mass is 9.69. The van der Waals surface area contributed by atoms with Gasteiger partial charge < -0.3 is 19.5 Å². The number of ketones is 1. The van der Waals surface area contributed by atoms with Gasteiger partial charge in [0.25, 0.3) is 0 Å². The number of carbonyl (C=O) groups is 3. The van der Waals surface area contributed by atoms with Crippen LogP contribution in [0.25, 0.3) is 0 Å². The number of allylic oxidation sites excluding steroid dienone is 3. The van der Waals surface area contributed by atoms with Crippen molar-refractivity contribution in [1.29, 1.82) is 0 Å². The molecule has 3 rings (SSSR count). The van der Waals surface area contributed by atoms with Gasteiger partial charge in [0, 0.05) is 34.5 Å². The minimum atomic E-state index is -0.917. The number of halogens is 1. The SMILES string of the molecule is COCCOC(=O)C1=C(C)NC2=C(C(=O)[C@H](C(=O)OC)[C@H](C)C2)[C@@H]1c1ccccc1Br. The summed E-state index contributed by atoms with van der Waals surface area (Å²) in [6, 6.07) is 7.42. The molecule has 0 saturated heterocycles. The maximum Gasteiger partial charge on any atom is 0.336 e. The van der Waals surface area contributed by atoms with Gasteiger partial charge in [-0.05, 0) is 30.9 Å². The van der Waals surface area contributed by atoms with E-state index in [9.17, 15) is 14.4 Å². The third-order valence-electron chi connectivity index (χ3n) is 5.70. The van der Waals surface area contributed by atoms with Crippen LogP contribution in [0.3, 0.4) is 0 Å². The van der Waals surface area contributed by atoms with E-state index >= 15 is 0 Å².